The molecule has 0 saturated carbocycles. The monoisotopic (exact) mass is 394 g/mol. The van der Waals surface area contributed by atoms with Crippen LogP contribution in [-0.2, 0) is 18.1 Å². The number of carbonyl (C=O) groups excluding carboxylic acids is 1. The number of aromatic nitrogens is 6. The summed E-state index contributed by atoms with van der Waals surface area (Å²) in [6, 6.07) is 15.2. The number of fused-ring (bicyclic) bond motifs is 2. The Morgan fingerprint density at radius 2 is 1.41 bits per heavy atom. The van der Waals surface area contributed by atoms with Gasteiger partial charge in [-0.1, -0.05) is 34.7 Å². The number of para-hydroxylation sites is 2. The van der Waals surface area contributed by atoms with E-state index in [4.69, 9.17) is 4.74 Å². The van der Waals surface area contributed by atoms with Crippen LogP contribution in [0.15, 0.2) is 48.5 Å². The zero-order valence-electron chi connectivity index (χ0n) is 16.5. The van der Waals surface area contributed by atoms with Crippen molar-refractivity contribution < 1.29 is 9.53 Å². The summed E-state index contributed by atoms with van der Waals surface area (Å²) in [7, 11) is 0. The van der Waals surface area contributed by atoms with Gasteiger partial charge < -0.3 is 4.74 Å². The zero-order valence-corrected chi connectivity index (χ0v) is 16.5. The number of hydrogen-bond acceptors (Lipinski definition) is 7. The van der Waals surface area contributed by atoms with Gasteiger partial charge in [0.25, 0.3) is 0 Å². The van der Waals surface area contributed by atoms with Crippen molar-refractivity contribution in [3.05, 3.63) is 48.5 Å². The zero-order chi connectivity index (χ0) is 20.4. The van der Waals surface area contributed by atoms with Gasteiger partial charge >= 0.3 is 6.09 Å². The molecule has 4 rings (SSSR count). The van der Waals surface area contributed by atoms with Crippen molar-refractivity contribution in [2.45, 2.75) is 39.7 Å². The fourth-order valence-electron chi connectivity index (χ4n) is 2.91. The molecule has 0 saturated heterocycles. The maximum Gasteiger partial charge on any atom is 0.422 e. The molecule has 0 spiro atoms. The third kappa shape index (κ3) is 4.32. The lowest BCUT2D eigenvalue weighted by molar-refractivity contribution is 0.0172. The Labute approximate surface area is 167 Å². The Hall–Kier alpha value is -3.53. The summed E-state index contributed by atoms with van der Waals surface area (Å²) in [5.74, 6) is 0. The lowest BCUT2D eigenvalue weighted by atomic mass is 10.2. The Kier molecular flexibility index (Phi) is 4.85. The van der Waals surface area contributed by atoms with Gasteiger partial charge in [0, 0.05) is 0 Å². The van der Waals surface area contributed by atoms with Crippen molar-refractivity contribution in [1.29, 1.82) is 0 Å². The predicted molar refractivity (Wildman–Crippen MR) is 106 cm³/mol. The highest BCUT2D eigenvalue weighted by Gasteiger charge is 2.20. The fraction of sp³-hybridized carbons (Fsp3) is 0.316. The Bertz CT molecular complexity index is 1070. The van der Waals surface area contributed by atoms with Crippen LogP contribution in [0.25, 0.3) is 22.1 Å². The van der Waals surface area contributed by atoms with Crippen LogP contribution in [0.4, 0.5) is 4.79 Å². The first kappa shape index (κ1) is 18.8. The van der Waals surface area contributed by atoms with Gasteiger partial charge in [-0.3, -0.25) is 5.43 Å². The largest absolute Gasteiger partial charge is 0.443 e. The lowest BCUT2D eigenvalue weighted by Crippen LogP contribution is -2.46. The predicted octanol–water partition coefficient (Wildman–Crippen LogP) is 2.53. The maximum absolute atomic E-state index is 12.4. The highest BCUT2D eigenvalue weighted by molar-refractivity contribution is 5.74. The average molecular weight is 394 g/mol. The van der Waals surface area contributed by atoms with Crippen molar-refractivity contribution in [2.75, 3.05) is 0 Å². The first-order valence-electron chi connectivity index (χ1n) is 9.20. The van der Waals surface area contributed by atoms with Gasteiger partial charge in [-0.05, 0) is 45.0 Å². The lowest BCUT2D eigenvalue weighted by Gasteiger charge is -2.26. The topological polar surface area (TPSA) is 103 Å². The van der Waals surface area contributed by atoms with Crippen LogP contribution in [0.3, 0.4) is 0 Å². The molecule has 0 radical (unpaired) electrons. The highest BCUT2D eigenvalue weighted by atomic mass is 16.6. The van der Waals surface area contributed by atoms with Crippen molar-refractivity contribution >= 4 is 28.2 Å². The third-order valence-corrected chi connectivity index (χ3v) is 4.10. The molecule has 29 heavy (non-hydrogen) atoms. The first-order chi connectivity index (χ1) is 13.9. The molecule has 0 aliphatic carbocycles. The molecule has 0 unspecified atom stereocenters. The maximum atomic E-state index is 12.4. The summed E-state index contributed by atoms with van der Waals surface area (Å²) in [6.07, 6.45) is -0.564. The van der Waals surface area contributed by atoms with Crippen LogP contribution in [0.1, 0.15) is 20.8 Å². The molecular weight excluding hydrogens is 372 g/mol. The molecule has 10 nitrogen and oxygen atoms in total. The Morgan fingerprint density at radius 3 is 1.90 bits per heavy atom. The van der Waals surface area contributed by atoms with E-state index in [0.717, 1.165) is 22.1 Å². The molecule has 2 aromatic carbocycles. The highest BCUT2D eigenvalue weighted by Crippen LogP contribution is 2.13. The molecule has 2 aromatic heterocycles. The SMILES string of the molecule is CC(C)(C)OC(=O)NN(Cn1nnc2ccccc21)Cn1nnc2ccccc21. The van der Waals surface area contributed by atoms with Crippen LogP contribution >= 0.6 is 0 Å². The van der Waals surface area contributed by atoms with Gasteiger partial charge in [0.05, 0.1) is 11.0 Å². The summed E-state index contributed by atoms with van der Waals surface area (Å²) in [6.45, 7) is 5.92. The summed E-state index contributed by atoms with van der Waals surface area (Å²) >= 11 is 0. The quantitative estimate of drug-likeness (QED) is 0.519. The van der Waals surface area contributed by atoms with E-state index < -0.39 is 11.7 Å². The molecule has 0 aliphatic heterocycles. The van der Waals surface area contributed by atoms with Crippen LogP contribution in [0.2, 0.25) is 0 Å². The minimum atomic E-state index is -0.615. The van der Waals surface area contributed by atoms with Crippen molar-refractivity contribution in [3.8, 4) is 0 Å². The van der Waals surface area contributed by atoms with Crippen molar-refractivity contribution in [3.63, 3.8) is 0 Å². The number of benzene rings is 2. The molecule has 0 aliphatic rings. The first-order valence-corrected chi connectivity index (χ1v) is 9.20. The molecule has 4 aromatic rings. The number of nitrogens with zero attached hydrogens (tertiary/aromatic N) is 7. The number of amides is 1. The second kappa shape index (κ2) is 7.47. The molecule has 0 fully saturated rings. The van der Waals surface area contributed by atoms with E-state index in [0.29, 0.717) is 0 Å². The molecule has 0 bridgehead atoms. The number of nitrogens with one attached hydrogen (secondary N) is 1. The van der Waals surface area contributed by atoms with E-state index >= 15 is 0 Å². The van der Waals surface area contributed by atoms with Gasteiger partial charge in [0.15, 0.2) is 0 Å². The van der Waals surface area contributed by atoms with Crippen LogP contribution < -0.4 is 5.43 Å². The van der Waals surface area contributed by atoms with Gasteiger partial charge in [0.2, 0.25) is 0 Å². The summed E-state index contributed by atoms with van der Waals surface area (Å²) in [5.41, 5.74) is 5.41. The number of ether oxygens (including phenoxy) is 1. The number of hydrogen-bond donors (Lipinski definition) is 1. The summed E-state index contributed by atoms with van der Waals surface area (Å²) < 4.78 is 8.80. The molecule has 1 amide bonds. The average Bonchev–Trinajstić information content (AvgIpc) is 3.25. The second-order valence-corrected chi connectivity index (χ2v) is 7.59. The second-order valence-electron chi connectivity index (χ2n) is 7.59. The van der Waals surface area contributed by atoms with E-state index in [1.807, 2.05) is 69.3 Å². The number of carbonyl (C=O) groups is 1. The van der Waals surface area contributed by atoms with Crippen LogP contribution in [0.5, 0.6) is 0 Å². The van der Waals surface area contributed by atoms with E-state index in [-0.39, 0.29) is 13.3 Å². The smallest absolute Gasteiger partial charge is 0.422 e. The number of rotatable bonds is 5. The van der Waals surface area contributed by atoms with Crippen LogP contribution in [-0.4, -0.2) is 46.7 Å². The van der Waals surface area contributed by atoms with E-state index in [2.05, 4.69) is 26.0 Å². The van der Waals surface area contributed by atoms with E-state index in [1.54, 1.807) is 14.4 Å². The van der Waals surface area contributed by atoms with Gasteiger partial charge in [0.1, 0.15) is 30.0 Å². The fourth-order valence-corrected chi connectivity index (χ4v) is 2.91. The van der Waals surface area contributed by atoms with Gasteiger partial charge in [-0.15, -0.1) is 10.2 Å². The summed E-state index contributed by atoms with van der Waals surface area (Å²) in [4.78, 5) is 12.4. The third-order valence-electron chi connectivity index (χ3n) is 4.10. The minimum absolute atomic E-state index is 0.244. The molecule has 1 N–H and O–H groups in total. The minimum Gasteiger partial charge on any atom is -0.443 e. The Balaban J connectivity index is 1.60. The molecule has 2 heterocycles. The van der Waals surface area contributed by atoms with Crippen molar-refractivity contribution in [1.82, 2.24) is 40.4 Å². The molecular formula is C19H22N8O2. The van der Waals surface area contributed by atoms with Gasteiger partial charge in [-0.2, -0.15) is 5.01 Å². The standard InChI is InChI=1S/C19H22N8O2/c1-19(2,3)29-18(28)22-25(12-26-16-10-6-4-8-14(16)20-23-26)13-27-17-11-7-5-9-15(17)21-24-27/h4-11H,12-13H2,1-3H3,(H,22,28). The van der Waals surface area contributed by atoms with Gasteiger partial charge in [-0.25, -0.2) is 14.2 Å². The van der Waals surface area contributed by atoms with E-state index in [1.165, 1.54) is 0 Å². The summed E-state index contributed by atoms with van der Waals surface area (Å²) in [5, 5.41) is 18.4. The molecule has 0 atom stereocenters. The van der Waals surface area contributed by atoms with Crippen molar-refractivity contribution in [2.24, 2.45) is 0 Å². The molecule has 10 heteroatoms. The number of hydrazine groups is 1. The Morgan fingerprint density at radius 1 is 0.931 bits per heavy atom. The van der Waals surface area contributed by atoms with Crippen LogP contribution in [0, 0.1) is 0 Å². The molecule has 150 valence electrons. The normalized spacial score (nSPS) is 12.0. The van der Waals surface area contributed by atoms with E-state index in [9.17, 15) is 4.79 Å².